The molecule has 0 saturated heterocycles. The molecular formula is C34H24N2. The van der Waals surface area contributed by atoms with Gasteiger partial charge in [-0.25, -0.2) is 0 Å². The first-order valence-corrected chi connectivity index (χ1v) is 12.1. The summed E-state index contributed by atoms with van der Waals surface area (Å²) in [6, 6.07) is 36.0. The van der Waals surface area contributed by atoms with E-state index in [0.717, 1.165) is 22.3 Å². The average molecular weight is 461 g/mol. The second-order valence-corrected chi connectivity index (χ2v) is 10.5. The second kappa shape index (κ2) is 7.94. The van der Waals surface area contributed by atoms with E-state index in [-0.39, 0.29) is 5.41 Å². The minimum atomic E-state index is 0.0613. The van der Waals surface area contributed by atoms with E-state index in [4.69, 9.17) is 0 Å². The first-order valence-electron chi connectivity index (χ1n) is 12.1. The van der Waals surface area contributed by atoms with Crippen molar-refractivity contribution < 1.29 is 0 Å². The van der Waals surface area contributed by atoms with Crippen molar-refractivity contribution in [1.82, 2.24) is 0 Å². The van der Waals surface area contributed by atoms with Crippen molar-refractivity contribution in [3.8, 4) is 34.4 Å². The van der Waals surface area contributed by atoms with Crippen LogP contribution in [0.15, 0.2) is 91.0 Å². The molecule has 6 aromatic rings. The van der Waals surface area contributed by atoms with E-state index in [9.17, 15) is 10.5 Å². The van der Waals surface area contributed by atoms with Crippen LogP contribution in [0.4, 0.5) is 0 Å². The lowest BCUT2D eigenvalue weighted by Gasteiger charge is -2.23. The molecule has 2 heteroatoms. The second-order valence-electron chi connectivity index (χ2n) is 10.5. The topological polar surface area (TPSA) is 47.6 Å². The van der Waals surface area contributed by atoms with Crippen molar-refractivity contribution in [2.24, 2.45) is 0 Å². The van der Waals surface area contributed by atoms with Gasteiger partial charge in [0.2, 0.25) is 0 Å². The van der Waals surface area contributed by atoms with E-state index in [1.54, 1.807) is 0 Å². The van der Waals surface area contributed by atoms with Crippen molar-refractivity contribution in [3.05, 3.63) is 108 Å². The maximum atomic E-state index is 9.30. The highest BCUT2D eigenvalue weighted by molar-refractivity contribution is 6.28. The van der Waals surface area contributed by atoms with Crippen molar-refractivity contribution in [3.63, 3.8) is 0 Å². The molecule has 0 bridgehead atoms. The molecule has 0 N–H and O–H groups in total. The molecule has 170 valence electrons. The predicted octanol–water partition coefficient (Wildman–Crippen LogP) is 8.96. The Labute approximate surface area is 211 Å². The Morgan fingerprint density at radius 3 is 1.36 bits per heavy atom. The highest BCUT2D eigenvalue weighted by Crippen LogP contribution is 2.45. The quantitative estimate of drug-likeness (QED) is 0.242. The number of benzene rings is 6. The van der Waals surface area contributed by atoms with Crippen LogP contribution in [0.3, 0.4) is 0 Å². The molecular weight excluding hydrogens is 436 g/mol. The van der Waals surface area contributed by atoms with Gasteiger partial charge in [-0.1, -0.05) is 81.4 Å². The van der Waals surface area contributed by atoms with Crippen molar-refractivity contribution in [1.29, 1.82) is 10.5 Å². The monoisotopic (exact) mass is 460 g/mol. The van der Waals surface area contributed by atoms with Gasteiger partial charge in [0.1, 0.15) is 0 Å². The number of hydrogen-bond donors (Lipinski definition) is 0. The SMILES string of the molecule is CC(C)(C)c1cc2ccc3c(-c4ccc(C#N)cc4)cc(-c4ccc(C#N)cc4)c4ccc(c1)c2c34. The van der Waals surface area contributed by atoms with Crippen LogP contribution in [-0.2, 0) is 5.41 Å². The number of hydrogen-bond acceptors (Lipinski definition) is 2. The minimum absolute atomic E-state index is 0.0613. The largest absolute Gasteiger partial charge is 0.192 e. The van der Waals surface area contributed by atoms with E-state index in [2.05, 4.69) is 75.4 Å². The lowest BCUT2D eigenvalue weighted by atomic mass is 9.81. The van der Waals surface area contributed by atoms with Gasteiger partial charge in [0.15, 0.2) is 0 Å². The molecule has 0 unspecified atom stereocenters. The smallest absolute Gasteiger partial charge is 0.0991 e. The number of nitriles is 2. The maximum absolute atomic E-state index is 9.30. The molecule has 6 aromatic carbocycles. The summed E-state index contributed by atoms with van der Waals surface area (Å²) in [7, 11) is 0. The summed E-state index contributed by atoms with van der Waals surface area (Å²) in [5.74, 6) is 0. The van der Waals surface area contributed by atoms with Crippen LogP contribution >= 0.6 is 0 Å². The molecule has 0 aliphatic rings. The van der Waals surface area contributed by atoms with Crippen LogP contribution in [0.25, 0.3) is 54.6 Å². The molecule has 0 fully saturated rings. The Kier molecular flexibility index (Phi) is 4.82. The Bertz CT molecular complexity index is 1730. The molecule has 0 saturated carbocycles. The molecule has 0 aromatic heterocycles. The maximum Gasteiger partial charge on any atom is 0.0991 e. The van der Waals surface area contributed by atoms with E-state index in [1.165, 1.54) is 37.9 Å². The Hall–Kier alpha value is -4.66. The third-order valence-electron chi connectivity index (χ3n) is 7.23. The van der Waals surface area contributed by atoms with Gasteiger partial charge in [-0.05, 0) is 95.9 Å². The van der Waals surface area contributed by atoms with Crippen molar-refractivity contribution >= 4 is 32.3 Å². The zero-order valence-electron chi connectivity index (χ0n) is 20.6. The molecule has 0 amide bonds. The van der Waals surface area contributed by atoms with Crippen LogP contribution < -0.4 is 0 Å². The Balaban J connectivity index is 1.75. The van der Waals surface area contributed by atoms with Gasteiger partial charge in [-0.2, -0.15) is 10.5 Å². The third-order valence-corrected chi connectivity index (χ3v) is 7.23. The molecule has 0 aliphatic heterocycles. The van der Waals surface area contributed by atoms with Crippen LogP contribution in [-0.4, -0.2) is 0 Å². The third kappa shape index (κ3) is 3.39. The van der Waals surface area contributed by atoms with E-state index < -0.39 is 0 Å². The lowest BCUT2D eigenvalue weighted by Crippen LogP contribution is -2.10. The highest BCUT2D eigenvalue weighted by atomic mass is 14.3. The van der Waals surface area contributed by atoms with Crippen LogP contribution in [0.5, 0.6) is 0 Å². The average Bonchev–Trinajstić information content (AvgIpc) is 2.90. The molecule has 0 atom stereocenters. The van der Waals surface area contributed by atoms with Crippen LogP contribution in [0.1, 0.15) is 37.5 Å². The summed E-state index contributed by atoms with van der Waals surface area (Å²) < 4.78 is 0. The predicted molar refractivity (Wildman–Crippen MR) is 149 cm³/mol. The van der Waals surface area contributed by atoms with Gasteiger partial charge in [-0.15, -0.1) is 0 Å². The molecule has 36 heavy (non-hydrogen) atoms. The molecule has 0 aliphatic carbocycles. The van der Waals surface area contributed by atoms with Gasteiger partial charge in [0, 0.05) is 0 Å². The fourth-order valence-corrected chi connectivity index (χ4v) is 5.27. The lowest BCUT2D eigenvalue weighted by molar-refractivity contribution is 0.591. The van der Waals surface area contributed by atoms with Crippen LogP contribution in [0, 0.1) is 22.7 Å². The number of nitrogens with zero attached hydrogens (tertiary/aromatic N) is 2. The van der Waals surface area contributed by atoms with Gasteiger partial charge >= 0.3 is 0 Å². The molecule has 0 heterocycles. The van der Waals surface area contributed by atoms with Gasteiger partial charge in [-0.3, -0.25) is 0 Å². The van der Waals surface area contributed by atoms with Gasteiger partial charge < -0.3 is 0 Å². The minimum Gasteiger partial charge on any atom is -0.192 e. The fourth-order valence-electron chi connectivity index (χ4n) is 5.27. The Morgan fingerprint density at radius 2 is 0.972 bits per heavy atom. The summed E-state index contributed by atoms with van der Waals surface area (Å²) in [5, 5.41) is 26.0. The van der Waals surface area contributed by atoms with Gasteiger partial charge in [0.05, 0.1) is 23.3 Å². The zero-order chi connectivity index (χ0) is 25.0. The van der Waals surface area contributed by atoms with Crippen LogP contribution in [0.2, 0.25) is 0 Å². The molecule has 2 nitrogen and oxygen atoms in total. The summed E-state index contributed by atoms with van der Waals surface area (Å²) in [4.78, 5) is 0. The summed E-state index contributed by atoms with van der Waals surface area (Å²) in [6.45, 7) is 6.77. The first-order chi connectivity index (χ1) is 17.4. The summed E-state index contributed by atoms with van der Waals surface area (Å²) in [6.07, 6.45) is 0. The standard InChI is InChI=1S/C34H24N2/c1-34(2,3)27-16-25-12-14-28-30(23-8-4-21(19-35)5-9-23)18-31(24-10-6-22(20-36)7-11-24)29-15-13-26(17-27)32(25)33(28)29/h4-18H,1-3H3. The highest BCUT2D eigenvalue weighted by Gasteiger charge is 2.20. The molecule has 6 rings (SSSR count). The Morgan fingerprint density at radius 1 is 0.528 bits per heavy atom. The molecule has 0 radical (unpaired) electrons. The van der Waals surface area contributed by atoms with E-state index >= 15 is 0 Å². The zero-order valence-corrected chi connectivity index (χ0v) is 20.6. The van der Waals surface area contributed by atoms with Gasteiger partial charge in [0.25, 0.3) is 0 Å². The first kappa shape index (κ1) is 21.8. The fraction of sp³-hybridized carbons (Fsp3) is 0.118. The molecule has 0 spiro atoms. The van der Waals surface area contributed by atoms with E-state index in [1.807, 2.05) is 48.5 Å². The van der Waals surface area contributed by atoms with E-state index in [0.29, 0.717) is 11.1 Å². The summed E-state index contributed by atoms with van der Waals surface area (Å²) >= 11 is 0. The van der Waals surface area contributed by atoms with Crippen molar-refractivity contribution in [2.45, 2.75) is 26.2 Å². The van der Waals surface area contributed by atoms with Crippen molar-refractivity contribution in [2.75, 3.05) is 0 Å². The summed E-state index contributed by atoms with van der Waals surface area (Å²) in [5.41, 5.74) is 7.13. The number of rotatable bonds is 2. The normalized spacial score (nSPS) is 11.7.